The molecule has 1 aromatic heterocycles. The Morgan fingerprint density at radius 3 is 2.13 bits per heavy atom. The van der Waals surface area contributed by atoms with E-state index in [1.165, 1.54) is 14.2 Å². The van der Waals surface area contributed by atoms with E-state index in [2.05, 4.69) is 20.9 Å². The number of ether oxygens (including phenoxy) is 4. The van der Waals surface area contributed by atoms with Gasteiger partial charge in [0.05, 0.1) is 18.9 Å². The van der Waals surface area contributed by atoms with Crippen molar-refractivity contribution in [1.29, 1.82) is 0 Å². The molecule has 0 unspecified atom stereocenters. The van der Waals surface area contributed by atoms with E-state index >= 15 is 0 Å². The van der Waals surface area contributed by atoms with Gasteiger partial charge in [0.25, 0.3) is 0 Å². The van der Waals surface area contributed by atoms with Gasteiger partial charge in [-0.05, 0) is 28.1 Å². The fraction of sp³-hybridized carbons (Fsp3) is 0.538. The van der Waals surface area contributed by atoms with Crippen LogP contribution in [0.15, 0.2) is 22.8 Å². The van der Waals surface area contributed by atoms with Crippen molar-refractivity contribution in [3.8, 4) is 0 Å². The summed E-state index contributed by atoms with van der Waals surface area (Å²) in [7, 11) is 2.92. The summed E-state index contributed by atoms with van der Waals surface area (Å²) in [6.45, 7) is -0.312. The second kappa shape index (κ2) is 12.9. The molecule has 0 aliphatic carbocycles. The Bertz CT molecular complexity index is 454. The molecule has 1 rings (SSSR count). The van der Waals surface area contributed by atoms with Gasteiger partial charge < -0.3 is 29.5 Å². The molecule has 0 atom stereocenters. The number of hydrogen-bond donors (Lipinski definition) is 1. The van der Waals surface area contributed by atoms with E-state index in [4.69, 9.17) is 18.9 Å². The fourth-order valence-electron chi connectivity index (χ4n) is 1.70. The minimum absolute atomic E-state index is 0. The molecule has 2 N–H and O–H groups in total. The average Bonchev–Trinajstić information content (AvgIpc) is 2.45. The Kier molecular flexibility index (Phi) is 13.8. The van der Waals surface area contributed by atoms with E-state index in [9.17, 15) is 9.90 Å². The molecule has 8 nitrogen and oxygen atoms in total. The van der Waals surface area contributed by atoms with Crippen LogP contribution in [0, 0.1) is 0 Å². The topological polar surface area (TPSA) is 117 Å². The summed E-state index contributed by atoms with van der Waals surface area (Å²) >= 11 is 3.23. The summed E-state index contributed by atoms with van der Waals surface area (Å²) in [5.41, 5.74) is -1.11. The first-order chi connectivity index (χ1) is 10.1. The van der Waals surface area contributed by atoms with Crippen LogP contribution in [0.5, 0.6) is 0 Å². The molecule has 10 heteroatoms. The maximum Gasteiger partial charge on any atom is 1.00 e. The Balaban J connectivity index is 0. The summed E-state index contributed by atoms with van der Waals surface area (Å²) in [6, 6.07) is 5.03. The van der Waals surface area contributed by atoms with E-state index < -0.39 is 11.4 Å². The number of hydrogen-bond acceptors (Lipinski definition) is 7. The third kappa shape index (κ3) is 7.28. The molecule has 23 heavy (non-hydrogen) atoms. The number of pyridine rings is 1. The van der Waals surface area contributed by atoms with Crippen LogP contribution in [0.1, 0.15) is 5.69 Å². The molecule has 0 aromatic carbocycles. The normalized spacial score (nSPS) is 10.6. The van der Waals surface area contributed by atoms with Crippen molar-refractivity contribution in [1.82, 2.24) is 4.98 Å². The third-order valence-electron chi connectivity index (χ3n) is 2.71. The van der Waals surface area contributed by atoms with Gasteiger partial charge in [0.15, 0.2) is 5.41 Å². The van der Waals surface area contributed by atoms with Crippen LogP contribution in [-0.4, -0.2) is 62.6 Å². The molecule has 1 aromatic rings. The monoisotopic (exact) mass is 387 g/mol. The smallest absolute Gasteiger partial charge is 0.870 e. The third-order valence-corrected chi connectivity index (χ3v) is 3.16. The number of carbonyl (C=O) groups is 1. The van der Waals surface area contributed by atoms with Crippen LogP contribution in [-0.2, 0) is 29.2 Å². The summed E-state index contributed by atoms with van der Waals surface area (Å²) < 4.78 is 20.6. The van der Waals surface area contributed by atoms with Gasteiger partial charge in [0, 0.05) is 14.2 Å². The van der Waals surface area contributed by atoms with Gasteiger partial charge in [-0.1, -0.05) is 6.07 Å². The molecular formula is C13H19BrLiNO7. The van der Waals surface area contributed by atoms with Crippen LogP contribution >= 0.6 is 15.9 Å². The van der Waals surface area contributed by atoms with Crippen molar-refractivity contribution in [2.45, 2.75) is 5.41 Å². The zero-order valence-electron chi connectivity index (χ0n) is 13.3. The van der Waals surface area contributed by atoms with Crippen molar-refractivity contribution in [2.75, 3.05) is 41.0 Å². The molecule has 0 radical (unpaired) electrons. The molecule has 126 valence electrons. The van der Waals surface area contributed by atoms with Crippen LogP contribution < -0.4 is 18.9 Å². The number of carboxylic acid groups (broad SMARTS) is 1. The van der Waals surface area contributed by atoms with Gasteiger partial charge in [-0.3, -0.25) is 4.79 Å². The molecule has 0 aliphatic heterocycles. The van der Waals surface area contributed by atoms with Crippen molar-refractivity contribution >= 4 is 21.9 Å². The van der Waals surface area contributed by atoms with Crippen molar-refractivity contribution in [2.24, 2.45) is 0 Å². The van der Waals surface area contributed by atoms with Gasteiger partial charge in [-0.2, -0.15) is 0 Å². The first-order valence-corrected chi connectivity index (χ1v) is 6.86. The van der Waals surface area contributed by atoms with Crippen LogP contribution in [0.3, 0.4) is 0 Å². The van der Waals surface area contributed by atoms with Crippen molar-refractivity contribution in [3.05, 3.63) is 28.5 Å². The zero-order valence-corrected chi connectivity index (χ0v) is 14.9. The Labute approximate surface area is 155 Å². The maximum atomic E-state index is 11.8. The average molecular weight is 388 g/mol. The second-order valence-corrected chi connectivity index (χ2v) is 5.06. The molecule has 0 amide bonds. The fourth-order valence-corrected chi connectivity index (χ4v) is 2.04. The number of rotatable bonds is 10. The predicted molar refractivity (Wildman–Crippen MR) is 78.8 cm³/mol. The first kappa shape index (κ1) is 24.7. The van der Waals surface area contributed by atoms with E-state index in [0.29, 0.717) is 10.3 Å². The molecule has 0 bridgehead atoms. The predicted octanol–water partition coefficient (Wildman–Crippen LogP) is -1.77. The first-order valence-electron chi connectivity index (χ1n) is 6.06. The summed E-state index contributed by atoms with van der Waals surface area (Å²) in [4.78, 5) is 16.0. The van der Waals surface area contributed by atoms with Crippen LogP contribution in [0.2, 0.25) is 0 Å². The quantitative estimate of drug-likeness (QED) is 0.217. The van der Waals surface area contributed by atoms with Crippen LogP contribution in [0.25, 0.3) is 0 Å². The summed E-state index contributed by atoms with van der Waals surface area (Å²) in [6.07, 6.45) is 0. The number of methoxy groups -OCH3 is 2. The second-order valence-electron chi connectivity index (χ2n) is 4.24. The molecule has 0 fully saturated rings. The number of aliphatic carboxylic acids is 1. The number of aromatic nitrogens is 1. The van der Waals surface area contributed by atoms with E-state index in [-0.39, 0.29) is 51.1 Å². The minimum Gasteiger partial charge on any atom is -0.870 e. The van der Waals surface area contributed by atoms with Gasteiger partial charge in [0.1, 0.15) is 18.2 Å². The molecule has 1 heterocycles. The number of nitrogens with zero attached hydrogens (tertiary/aromatic N) is 1. The van der Waals surface area contributed by atoms with Gasteiger partial charge >= 0.3 is 24.8 Å². The molecule has 0 saturated carbocycles. The Morgan fingerprint density at radius 2 is 1.74 bits per heavy atom. The Hall–Kier alpha value is -0.503. The van der Waals surface area contributed by atoms with Crippen LogP contribution in [0.4, 0.5) is 0 Å². The zero-order chi connectivity index (χ0) is 15.7. The summed E-state index contributed by atoms with van der Waals surface area (Å²) in [5.74, 6) is -1.10. The number of halogens is 1. The van der Waals surface area contributed by atoms with Gasteiger partial charge in [-0.25, -0.2) is 4.98 Å². The Morgan fingerprint density at radius 1 is 1.22 bits per heavy atom. The van der Waals surface area contributed by atoms with Gasteiger partial charge in [0.2, 0.25) is 0 Å². The van der Waals surface area contributed by atoms with Crippen molar-refractivity contribution < 1.29 is 53.2 Å². The van der Waals surface area contributed by atoms with E-state index in [1.54, 1.807) is 18.2 Å². The van der Waals surface area contributed by atoms with E-state index in [1.807, 2.05) is 0 Å². The standard InChI is InChI=1S/C13H18BrNO6.Li.H2O/c1-18-8-20-6-13(12(16)17,7-21-9-19-2)10-4-3-5-11(14)15-10;;/h3-5H,6-9H2,1-2H3,(H,16,17);;1H2/q;+1;/p-1. The molecule has 0 saturated heterocycles. The largest absolute Gasteiger partial charge is 1.00 e. The van der Waals surface area contributed by atoms with Gasteiger partial charge in [-0.15, -0.1) is 0 Å². The summed E-state index contributed by atoms with van der Waals surface area (Å²) in [5, 5.41) is 9.67. The SMILES string of the molecule is COCOCC(COCOC)(C(=O)O)c1cccc(Br)n1.[Li+].[OH-]. The number of carboxylic acids is 1. The molecule has 0 spiro atoms. The minimum atomic E-state index is -1.44. The maximum absolute atomic E-state index is 11.8. The van der Waals surface area contributed by atoms with Crippen molar-refractivity contribution in [3.63, 3.8) is 0 Å². The van der Waals surface area contributed by atoms with E-state index in [0.717, 1.165) is 0 Å². The molecule has 0 aliphatic rings. The molecular weight excluding hydrogens is 369 g/mol.